The van der Waals surface area contributed by atoms with E-state index in [1.54, 1.807) is 16.6 Å². The Balaban J connectivity index is 1.55. The second-order valence-corrected chi connectivity index (χ2v) is 9.13. The average molecular weight is 497 g/mol. The van der Waals surface area contributed by atoms with E-state index in [0.717, 1.165) is 47.2 Å². The van der Waals surface area contributed by atoms with Crippen LogP contribution in [0.4, 0.5) is 0 Å². The third-order valence-corrected chi connectivity index (χ3v) is 6.69. The molecule has 2 N–H and O–H groups in total. The van der Waals surface area contributed by atoms with Gasteiger partial charge >= 0.3 is 5.97 Å². The maximum Gasteiger partial charge on any atom is 0.354 e. The maximum atomic E-state index is 13.6. The summed E-state index contributed by atoms with van der Waals surface area (Å²) in [5, 5.41) is 24.2. The van der Waals surface area contributed by atoms with Gasteiger partial charge in [0.05, 0.1) is 5.69 Å². The van der Waals surface area contributed by atoms with Crippen LogP contribution in [0, 0.1) is 6.92 Å². The fraction of sp³-hybridized carbons (Fsp3) is 0.250. The average Bonchev–Trinajstić information content (AvgIpc) is 3.53. The summed E-state index contributed by atoms with van der Waals surface area (Å²) < 4.78 is 3.09. The zero-order valence-corrected chi connectivity index (χ0v) is 20.8. The molecule has 5 aromatic rings. The van der Waals surface area contributed by atoms with Crippen LogP contribution in [0.2, 0.25) is 0 Å². The summed E-state index contributed by atoms with van der Waals surface area (Å²) in [5.41, 5.74) is 5.85. The Morgan fingerprint density at radius 3 is 2.41 bits per heavy atom. The second-order valence-electron chi connectivity index (χ2n) is 9.13. The van der Waals surface area contributed by atoms with Gasteiger partial charge in [0.15, 0.2) is 0 Å². The van der Waals surface area contributed by atoms with E-state index in [1.807, 2.05) is 55.5 Å². The Kier molecular flexibility index (Phi) is 6.68. The number of benzene rings is 2. The fourth-order valence-corrected chi connectivity index (χ4v) is 4.85. The number of aromatic nitrogens is 6. The molecule has 188 valence electrons. The first-order valence-corrected chi connectivity index (χ1v) is 12.4. The van der Waals surface area contributed by atoms with Crippen LogP contribution < -0.4 is 5.56 Å². The molecule has 0 fully saturated rings. The number of fused-ring (bicyclic) bond motifs is 1. The number of H-pyrrole nitrogens is 1. The number of carboxylic acids is 1. The summed E-state index contributed by atoms with van der Waals surface area (Å²) in [4.78, 5) is 25.6. The molecular formula is C28H28N6O3. The Morgan fingerprint density at radius 1 is 0.973 bits per heavy atom. The maximum absolute atomic E-state index is 13.6. The zero-order chi connectivity index (χ0) is 25.9. The van der Waals surface area contributed by atoms with Crippen molar-refractivity contribution in [2.45, 2.75) is 46.0 Å². The molecule has 0 spiro atoms. The molecule has 2 aromatic carbocycles. The minimum atomic E-state index is -1.06. The standard InChI is InChI=1S/C28H28N6O3/c1-3-4-5-10-24-23(27(35)33-18(2)11-16-25(28(36)37)34(24)33)17-19-12-14-20(15-13-19)21-8-6-7-9-22(21)26-29-31-32-30-26/h6-9,11-16H,3-5,10,17H2,1-2H3,(H,36,37)(H,29,30,31,32). The number of hydrogen-bond acceptors (Lipinski definition) is 5. The number of nitrogens with one attached hydrogen (secondary N) is 1. The SMILES string of the molecule is CCCCCc1c(Cc2ccc(-c3ccccc3-c3nn[nH]n3)cc2)c(=O)n2c(C)ccc(C(=O)O)n12. The molecule has 5 rings (SSSR count). The number of unbranched alkanes of at least 4 members (excludes halogenated alkanes) is 2. The molecule has 3 heterocycles. The Bertz CT molecular complexity index is 1610. The van der Waals surface area contributed by atoms with E-state index < -0.39 is 5.97 Å². The van der Waals surface area contributed by atoms with Crippen LogP contribution in [0.5, 0.6) is 0 Å². The molecule has 0 aliphatic heterocycles. The van der Waals surface area contributed by atoms with Crippen LogP contribution in [-0.4, -0.2) is 40.7 Å². The quantitative estimate of drug-likeness (QED) is 0.289. The molecule has 0 saturated carbocycles. The number of carbonyl (C=O) groups is 1. The Hall–Kier alpha value is -4.53. The Morgan fingerprint density at radius 2 is 1.73 bits per heavy atom. The lowest BCUT2D eigenvalue weighted by molar-refractivity contribution is 0.0685. The van der Waals surface area contributed by atoms with Crippen molar-refractivity contribution < 1.29 is 9.90 Å². The van der Waals surface area contributed by atoms with Gasteiger partial charge < -0.3 is 5.11 Å². The predicted octanol–water partition coefficient (Wildman–Crippen LogP) is 4.58. The third-order valence-electron chi connectivity index (χ3n) is 6.69. The lowest BCUT2D eigenvalue weighted by Crippen LogP contribution is -2.20. The van der Waals surface area contributed by atoms with E-state index in [9.17, 15) is 14.7 Å². The van der Waals surface area contributed by atoms with Gasteiger partial charge in [0.25, 0.3) is 5.56 Å². The van der Waals surface area contributed by atoms with Crippen molar-refractivity contribution >= 4 is 5.97 Å². The van der Waals surface area contributed by atoms with Crippen LogP contribution in [0.3, 0.4) is 0 Å². The van der Waals surface area contributed by atoms with Crippen molar-refractivity contribution in [1.82, 2.24) is 29.7 Å². The highest BCUT2D eigenvalue weighted by atomic mass is 16.4. The first-order valence-electron chi connectivity index (χ1n) is 12.4. The normalized spacial score (nSPS) is 11.3. The molecule has 0 aliphatic rings. The number of aryl methyl sites for hydroxylation is 2. The van der Waals surface area contributed by atoms with Gasteiger partial charge in [-0.15, -0.1) is 10.2 Å². The van der Waals surface area contributed by atoms with Gasteiger partial charge in [-0.25, -0.2) is 13.8 Å². The van der Waals surface area contributed by atoms with E-state index in [-0.39, 0.29) is 11.3 Å². The lowest BCUT2D eigenvalue weighted by Gasteiger charge is -2.10. The van der Waals surface area contributed by atoms with Crippen LogP contribution in [-0.2, 0) is 12.8 Å². The highest BCUT2D eigenvalue weighted by molar-refractivity contribution is 5.85. The Labute approximate surface area is 213 Å². The number of aromatic carboxylic acids is 1. The van der Waals surface area contributed by atoms with E-state index in [1.165, 1.54) is 4.52 Å². The van der Waals surface area contributed by atoms with Crippen molar-refractivity contribution in [2.75, 3.05) is 0 Å². The summed E-state index contributed by atoms with van der Waals surface area (Å²) in [6.45, 7) is 3.94. The van der Waals surface area contributed by atoms with Gasteiger partial charge in [0, 0.05) is 23.2 Å². The summed E-state index contributed by atoms with van der Waals surface area (Å²) in [6, 6.07) is 19.2. The molecular weight excluding hydrogens is 468 g/mol. The molecule has 37 heavy (non-hydrogen) atoms. The highest BCUT2D eigenvalue weighted by Gasteiger charge is 2.22. The van der Waals surface area contributed by atoms with Gasteiger partial charge in [-0.2, -0.15) is 5.21 Å². The fourth-order valence-electron chi connectivity index (χ4n) is 4.85. The molecule has 0 saturated heterocycles. The molecule has 9 heteroatoms. The van der Waals surface area contributed by atoms with Gasteiger partial charge in [0.2, 0.25) is 5.82 Å². The van der Waals surface area contributed by atoms with Crippen molar-refractivity contribution in [1.29, 1.82) is 0 Å². The van der Waals surface area contributed by atoms with Gasteiger partial charge in [0.1, 0.15) is 5.69 Å². The number of rotatable bonds is 9. The van der Waals surface area contributed by atoms with Crippen molar-refractivity contribution in [3.05, 3.63) is 99.2 Å². The summed E-state index contributed by atoms with van der Waals surface area (Å²) in [6.07, 6.45) is 3.98. The largest absolute Gasteiger partial charge is 0.477 e. The minimum Gasteiger partial charge on any atom is -0.477 e. The third kappa shape index (κ3) is 4.55. The van der Waals surface area contributed by atoms with Crippen molar-refractivity contribution in [3.63, 3.8) is 0 Å². The zero-order valence-electron chi connectivity index (χ0n) is 20.8. The smallest absolute Gasteiger partial charge is 0.354 e. The summed E-state index contributed by atoms with van der Waals surface area (Å²) >= 11 is 0. The topological polar surface area (TPSA) is 118 Å². The van der Waals surface area contributed by atoms with Crippen LogP contribution in [0.25, 0.3) is 22.5 Å². The number of hydrogen-bond donors (Lipinski definition) is 2. The predicted molar refractivity (Wildman–Crippen MR) is 140 cm³/mol. The summed E-state index contributed by atoms with van der Waals surface area (Å²) in [7, 11) is 0. The first kappa shape index (κ1) is 24.2. The van der Waals surface area contributed by atoms with Gasteiger partial charge in [-0.3, -0.25) is 4.79 Å². The highest BCUT2D eigenvalue weighted by Crippen LogP contribution is 2.30. The summed E-state index contributed by atoms with van der Waals surface area (Å²) in [5.74, 6) is -0.532. The van der Waals surface area contributed by atoms with Crippen LogP contribution in [0.1, 0.15) is 59.2 Å². The monoisotopic (exact) mass is 496 g/mol. The van der Waals surface area contributed by atoms with E-state index in [0.29, 0.717) is 29.9 Å². The van der Waals surface area contributed by atoms with Crippen LogP contribution in [0.15, 0.2) is 65.5 Å². The van der Waals surface area contributed by atoms with Crippen LogP contribution >= 0.6 is 0 Å². The minimum absolute atomic E-state index is 0.0915. The van der Waals surface area contributed by atoms with Crippen molar-refractivity contribution in [2.24, 2.45) is 0 Å². The van der Waals surface area contributed by atoms with Crippen molar-refractivity contribution in [3.8, 4) is 22.5 Å². The number of tetrazole rings is 1. The molecule has 9 nitrogen and oxygen atoms in total. The van der Waals surface area contributed by atoms with E-state index in [2.05, 4.69) is 27.5 Å². The molecule has 0 bridgehead atoms. The number of aromatic amines is 1. The van der Waals surface area contributed by atoms with Gasteiger partial charge in [-0.05, 0) is 53.8 Å². The lowest BCUT2D eigenvalue weighted by atomic mass is 9.96. The number of nitrogens with zero attached hydrogens (tertiary/aromatic N) is 5. The molecule has 0 unspecified atom stereocenters. The molecule has 3 aromatic heterocycles. The molecule has 0 amide bonds. The van der Waals surface area contributed by atoms with E-state index >= 15 is 0 Å². The number of carboxylic acid groups (broad SMARTS) is 1. The molecule has 0 radical (unpaired) electrons. The van der Waals surface area contributed by atoms with E-state index in [4.69, 9.17) is 0 Å². The van der Waals surface area contributed by atoms with Gasteiger partial charge in [-0.1, -0.05) is 68.3 Å². The molecule has 0 atom stereocenters. The molecule has 0 aliphatic carbocycles. The second kappa shape index (κ2) is 10.2. The first-order chi connectivity index (χ1) is 18.0.